The Morgan fingerprint density at radius 2 is 1.93 bits per heavy atom. The summed E-state index contributed by atoms with van der Waals surface area (Å²) in [5.41, 5.74) is 4.52. The Hall–Kier alpha value is -2.46. The number of nitrogens with one attached hydrogen (secondary N) is 1. The van der Waals surface area contributed by atoms with E-state index in [4.69, 9.17) is 0 Å². The number of hydrogen-bond acceptors (Lipinski definition) is 3. The van der Waals surface area contributed by atoms with Gasteiger partial charge >= 0.3 is 0 Å². The number of aromatic amines is 1. The van der Waals surface area contributed by atoms with Gasteiger partial charge in [-0.05, 0) is 62.0 Å². The smallest absolute Gasteiger partial charge is 0.140 e. The molecule has 4 heteroatoms. The van der Waals surface area contributed by atoms with E-state index in [0.29, 0.717) is 24.5 Å². The van der Waals surface area contributed by atoms with Crippen molar-refractivity contribution in [3.8, 4) is 0 Å². The molecule has 3 aromatic rings. The predicted octanol–water partition coefficient (Wildman–Crippen LogP) is 4.29. The zero-order chi connectivity index (χ0) is 18.6. The standard InChI is InChI=1S/C23H27N3O/c1-17-7-8-21-22(13-17)25-23(24-21)15-20(27)14-18-9-11-26(12-10-18)16-19-5-3-2-4-6-19/h2-8,13,18H,9-12,14-16H2,1H3,(H,24,25). The Bertz CT molecular complexity index is 908. The molecule has 0 spiro atoms. The van der Waals surface area contributed by atoms with Crippen molar-refractivity contribution in [1.29, 1.82) is 0 Å². The van der Waals surface area contributed by atoms with Gasteiger partial charge in [-0.25, -0.2) is 4.98 Å². The minimum Gasteiger partial charge on any atom is -0.342 e. The first kappa shape index (κ1) is 17.9. The molecule has 0 atom stereocenters. The van der Waals surface area contributed by atoms with Crippen molar-refractivity contribution in [2.24, 2.45) is 5.92 Å². The molecule has 1 aromatic heterocycles. The highest BCUT2D eigenvalue weighted by Crippen LogP contribution is 2.23. The summed E-state index contributed by atoms with van der Waals surface area (Å²) in [4.78, 5) is 22.9. The molecule has 2 aromatic carbocycles. The molecular formula is C23H27N3O. The Morgan fingerprint density at radius 3 is 2.70 bits per heavy atom. The zero-order valence-corrected chi connectivity index (χ0v) is 15.9. The van der Waals surface area contributed by atoms with E-state index in [0.717, 1.165) is 49.3 Å². The first-order valence-electron chi connectivity index (χ1n) is 9.89. The minimum atomic E-state index is 0.298. The third-order valence-corrected chi connectivity index (χ3v) is 5.52. The Balaban J connectivity index is 1.26. The summed E-state index contributed by atoms with van der Waals surface area (Å²) < 4.78 is 0. The maximum atomic E-state index is 12.5. The number of aromatic nitrogens is 2. The normalized spacial score (nSPS) is 16.0. The number of carbonyl (C=O) groups is 1. The van der Waals surface area contributed by atoms with Crippen LogP contribution in [-0.4, -0.2) is 33.7 Å². The van der Waals surface area contributed by atoms with Crippen molar-refractivity contribution in [2.45, 2.75) is 39.2 Å². The van der Waals surface area contributed by atoms with Gasteiger partial charge in [-0.3, -0.25) is 9.69 Å². The summed E-state index contributed by atoms with van der Waals surface area (Å²) >= 11 is 0. The van der Waals surface area contributed by atoms with Crippen LogP contribution in [0.1, 0.15) is 36.2 Å². The van der Waals surface area contributed by atoms with Crippen molar-refractivity contribution in [1.82, 2.24) is 14.9 Å². The highest BCUT2D eigenvalue weighted by atomic mass is 16.1. The molecule has 1 N–H and O–H groups in total. The molecule has 4 rings (SSSR count). The lowest BCUT2D eigenvalue weighted by atomic mass is 9.90. The SMILES string of the molecule is Cc1ccc2[nH]c(CC(=O)CC3CCN(Cc4ccccc4)CC3)nc2c1. The van der Waals surface area contributed by atoms with Gasteiger partial charge in [0.15, 0.2) is 0 Å². The lowest BCUT2D eigenvalue weighted by Gasteiger charge is -2.31. The molecule has 1 aliphatic heterocycles. The van der Waals surface area contributed by atoms with E-state index in [-0.39, 0.29) is 0 Å². The van der Waals surface area contributed by atoms with Crippen LogP contribution in [0.25, 0.3) is 11.0 Å². The van der Waals surface area contributed by atoms with Crippen molar-refractivity contribution in [2.75, 3.05) is 13.1 Å². The number of nitrogens with zero attached hydrogens (tertiary/aromatic N) is 2. The van der Waals surface area contributed by atoms with Crippen LogP contribution in [0.15, 0.2) is 48.5 Å². The highest BCUT2D eigenvalue weighted by Gasteiger charge is 2.22. The van der Waals surface area contributed by atoms with Gasteiger partial charge in [0.05, 0.1) is 17.5 Å². The fourth-order valence-electron chi connectivity index (χ4n) is 4.02. The van der Waals surface area contributed by atoms with Crippen LogP contribution in [0.5, 0.6) is 0 Å². The second-order valence-corrected chi connectivity index (χ2v) is 7.83. The Labute approximate surface area is 160 Å². The molecule has 4 nitrogen and oxygen atoms in total. The van der Waals surface area contributed by atoms with E-state index < -0.39 is 0 Å². The minimum absolute atomic E-state index is 0.298. The fourth-order valence-corrected chi connectivity index (χ4v) is 4.02. The molecule has 0 radical (unpaired) electrons. The van der Waals surface area contributed by atoms with E-state index >= 15 is 0 Å². The molecular weight excluding hydrogens is 334 g/mol. The zero-order valence-electron chi connectivity index (χ0n) is 15.9. The summed E-state index contributed by atoms with van der Waals surface area (Å²) in [5, 5.41) is 0. The van der Waals surface area contributed by atoms with Gasteiger partial charge in [-0.1, -0.05) is 36.4 Å². The van der Waals surface area contributed by atoms with Gasteiger partial charge in [0.25, 0.3) is 0 Å². The number of H-pyrrole nitrogens is 1. The number of imidazole rings is 1. The van der Waals surface area contributed by atoms with E-state index in [9.17, 15) is 4.79 Å². The highest BCUT2D eigenvalue weighted by molar-refractivity contribution is 5.82. The van der Waals surface area contributed by atoms with Crippen LogP contribution < -0.4 is 0 Å². The lowest BCUT2D eigenvalue weighted by molar-refractivity contribution is -0.119. The average molecular weight is 361 g/mol. The summed E-state index contributed by atoms with van der Waals surface area (Å²) in [6.45, 7) is 5.23. The van der Waals surface area contributed by atoms with Crippen molar-refractivity contribution in [3.05, 3.63) is 65.5 Å². The maximum Gasteiger partial charge on any atom is 0.140 e. The van der Waals surface area contributed by atoms with E-state index in [2.05, 4.69) is 64.3 Å². The van der Waals surface area contributed by atoms with Crippen molar-refractivity contribution in [3.63, 3.8) is 0 Å². The van der Waals surface area contributed by atoms with Gasteiger partial charge in [-0.2, -0.15) is 0 Å². The number of likely N-dealkylation sites (tertiary alicyclic amines) is 1. The summed E-state index contributed by atoms with van der Waals surface area (Å²) in [7, 11) is 0. The van der Waals surface area contributed by atoms with Gasteiger partial charge in [0, 0.05) is 13.0 Å². The number of fused-ring (bicyclic) bond motifs is 1. The number of Topliss-reactive ketones (excluding diaryl/α,β-unsaturated/α-hetero) is 1. The monoisotopic (exact) mass is 361 g/mol. The molecule has 1 fully saturated rings. The first-order valence-corrected chi connectivity index (χ1v) is 9.89. The second kappa shape index (κ2) is 8.05. The summed E-state index contributed by atoms with van der Waals surface area (Å²) in [6, 6.07) is 16.8. The topological polar surface area (TPSA) is 49.0 Å². The van der Waals surface area contributed by atoms with Gasteiger partial charge in [-0.15, -0.1) is 0 Å². The molecule has 0 unspecified atom stereocenters. The number of carbonyl (C=O) groups excluding carboxylic acids is 1. The van der Waals surface area contributed by atoms with Crippen LogP contribution >= 0.6 is 0 Å². The van der Waals surface area contributed by atoms with Crippen LogP contribution in [0.3, 0.4) is 0 Å². The fraction of sp³-hybridized carbons (Fsp3) is 0.391. The first-order chi connectivity index (χ1) is 13.2. The maximum absolute atomic E-state index is 12.5. The molecule has 0 amide bonds. The molecule has 0 bridgehead atoms. The average Bonchev–Trinajstić information content (AvgIpc) is 3.05. The summed E-state index contributed by atoms with van der Waals surface area (Å²) in [6.07, 6.45) is 3.31. The quantitative estimate of drug-likeness (QED) is 0.713. The molecule has 0 saturated carbocycles. The molecule has 2 heterocycles. The van der Waals surface area contributed by atoms with E-state index in [1.54, 1.807) is 0 Å². The van der Waals surface area contributed by atoms with E-state index in [1.807, 2.05) is 6.07 Å². The van der Waals surface area contributed by atoms with Crippen LogP contribution in [-0.2, 0) is 17.8 Å². The number of benzene rings is 2. The number of ketones is 1. The third-order valence-electron chi connectivity index (χ3n) is 5.52. The predicted molar refractivity (Wildman–Crippen MR) is 109 cm³/mol. The van der Waals surface area contributed by atoms with Crippen LogP contribution in [0, 0.1) is 12.8 Å². The lowest BCUT2D eigenvalue weighted by Crippen LogP contribution is -2.34. The third kappa shape index (κ3) is 4.64. The van der Waals surface area contributed by atoms with Crippen molar-refractivity contribution < 1.29 is 4.79 Å². The number of piperidine rings is 1. The largest absolute Gasteiger partial charge is 0.342 e. The molecule has 1 saturated heterocycles. The van der Waals surface area contributed by atoms with Crippen LogP contribution in [0.4, 0.5) is 0 Å². The number of aryl methyl sites for hydroxylation is 1. The van der Waals surface area contributed by atoms with Crippen LogP contribution in [0.2, 0.25) is 0 Å². The Kier molecular flexibility index (Phi) is 5.35. The number of hydrogen-bond donors (Lipinski definition) is 1. The number of rotatable bonds is 6. The Morgan fingerprint density at radius 1 is 1.15 bits per heavy atom. The summed E-state index contributed by atoms with van der Waals surface area (Å²) in [5.74, 6) is 1.60. The molecule has 27 heavy (non-hydrogen) atoms. The second-order valence-electron chi connectivity index (χ2n) is 7.83. The molecule has 140 valence electrons. The van der Waals surface area contributed by atoms with Gasteiger partial charge < -0.3 is 4.98 Å². The van der Waals surface area contributed by atoms with Crippen molar-refractivity contribution >= 4 is 16.8 Å². The molecule has 0 aliphatic carbocycles. The van der Waals surface area contributed by atoms with Gasteiger partial charge in [0.2, 0.25) is 0 Å². The molecule has 1 aliphatic rings. The van der Waals surface area contributed by atoms with Gasteiger partial charge in [0.1, 0.15) is 11.6 Å². The van der Waals surface area contributed by atoms with E-state index in [1.165, 1.54) is 11.1 Å².